The van der Waals surface area contributed by atoms with Crippen molar-refractivity contribution in [1.29, 1.82) is 0 Å². The molecule has 76 valence electrons. The lowest BCUT2D eigenvalue weighted by Crippen LogP contribution is -1.95. The normalized spacial score (nSPS) is 10.2. The fourth-order valence-electron chi connectivity index (χ4n) is 1.36. The van der Waals surface area contributed by atoms with Crippen molar-refractivity contribution in [2.45, 2.75) is 0 Å². The second-order valence-electron chi connectivity index (χ2n) is 3.07. The van der Waals surface area contributed by atoms with E-state index in [9.17, 15) is 4.79 Å². The van der Waals surface area contributed by atoms with Gasteiger partial charge >= 0.3 is 5.97 Å². The van der Waals surface area contributed by atoms with Crippen LogP contribution in [0.2, 0.25) is 0 Å². The summed E-state index contributed by atoms with van der Waals surface area (Å²) in [7, 11) is 0. The molecule has 0 atom stereocenters. The minimum atomic E-state index is -0.951. The molecule has 1 aromatic heterocycles. The topological polar surface area (TPSA) is 53.1 Å². The molecule has 0 unspecified atom stereocenters. The highest BCUT2D eigenvalue weighted by atomic mass is 79.9. The highest BCUT2D eigenvalue weighted by Crippen LogP contribution is 2.26. The van der Waals surface area contributed by atoms with Gasteiger partial charge in [0, 0.05) is 15.7 Å². The number of aromatic nitrogens is 1. The number of hydrogen-bond acceptors (Lipinski definition) is 1. The van der Waals surface area contributed by atoms with Crippen molar-refractivity contribution in [3.8, 4) is 11.3 Å². The zero-order chi connectivity index (χ0) is 10.8. The fourth-order valence-corrected chi connectivity index (χ4v) is 1.85. The summed E-state index contributed by atoms with van der Waals surface area (Å²) in [5.74, 6) is -0.951. The molecule has 15 heavy (non-hydrogen) atoms. The molecule has 0 saturated carbocycles. The molecule has 1 heterocycles. The lowest BCUT2D eigenvalue weighted by atomic mass is 10.2. The minimum absolute atomic E-state index is 0.195. The van der Waals surface area contributed by atoms with Crippen molar-refractivity contribution in [3.05, 3.63) is 46.6 Å². The Kier molecular flexibility index (Phi) is 2.60. The van der Waals surface area contributed by atoms with Crippen LogP contribution in [0.3, 0.4) is 0 Å². The Labute approximate surface area is 94.9 Å². The Hall–Kier alpha value is -1.55. The number of H-pyrrole nitrogens is 1. The summed E-state index contributed by atoms with van der Waals surface area (Å²) < 4.78 is 0.934. The van der Waals surface area contributed by atoms with Gasteiger partial charge < -0.3 is 10.1 Å². The van der Waals surface area contributed by atoms with E-state index in [1.165, 1.54) is 0 Å². The summed E-state index contributed by atoms with van der Waals surface area (Å²) in [5, 5.41) is 8.77. The third-order valence-electron chi connectivity index (χ3n) is 2.08. The zero-order valence-electron chi connectivity index (χ0n) is 7.70. The maximum atomic E-state index is 10.7. The third kappa shape index (κ3) is 1.94. The molecule has 0 bridgehead atoms. The Morgan fingerprint density at radius 3 is 2.53 bits per heavy atom. The number of aromatic carboxylic acids is 1. The third-order valence-corrected chi connectivity index (χ3v) is 2.77. The van der Waals surface area contributed by atoms with Crippen LogP contribution in [0, 0.1) is 0 Å². The zero-order valence-corrected chi connectivity index (χ0v) is 9.28. The first-order valence-electron chi connectivity index (χ1n) is 4.35. The number of carbonyl (C=O) groups is 1. The van der Waals surface area contributed by atoms with E-state index in [0.717, 1.165) is 15.7 Å². The minimum Gasteiger partial charge on any atom is -0.477 e. The quantitative estimate of drug-likeness (QED) is 0.877. The smallest absolute Gasteiger partial charge is 0.352 e. The van der Waals surface area contributed by atoms with Crippen LogP contribution in [0.1, 0.15) is 10.5 Å². The Bertz CT molecular complexity index is 505. The highest BCUT2D eigenvalue weighted by molar-refractivity contribution is 9.10. The molecule has 1 aromatic carbocycles. The standard InChI is InChI=1S/C11H8BrNO2/c12-8-4-2-1-3-7(8)9-5-6-10(13-9)11(14)15/h1-6,13H,(H,14,15). The molecule has 2 N–H and O–H groups in total. The van der Waals surface area contributed by atoms with Crippen molar-refractivity contribution in [2.24, 2.45) is 0 Å². The molecular weight excluding hydrogens is 258 g/mol. The highest BCUT2D eigenvalue weighted by Gasteiger charge is 2.08. The van der Waals surface area contributed by atoms with E-state index in [1.54, 1.807) is 12.1 Å². The molecule has 0 aliphatic carbocycles. The number of carboxylic acid groups (broad SMARTS) is 1. The molecule has 0 fully saturated rings. The number of hydrogen-bond donors (Lipinski definition) is 2. The van der Waals surface area contributed by atoms with Gasteiger partial charge in [-0.2, -0.15) is 0 Å². The summed E-state index contributed by atoms with van der Waals surface area (Å²) in [6.45, 7) is 0. The van der Waals surface area contributed by atoms with Crippen LogP contribution in [-0.4, -0.2) is 16.1 Å². The molecule has 0 amide bonds. The summed E-state index contributed by atoms with van der Waals surface area (Å²) in [4.78, 5) is 13.5. The number of rotatable bonds is 2. The van der Waals surface area contributed by atoms with E-state index in [-0.39, 0.29) is 5.69 Å². The Morgan fingerprint density at radius 1 is 1.20 bits per heavy atom. The molecule has 0 aliphatic heterocycles. The first-order valence-corrected chi connectivity index (χ1v) is 5.15. The van der Waals surface area contributed by atoms with Gasteiger partial charge in [-0.05, 0) is 18.2 Å². The van der Waals surface area contributed by atoms with E-state index >= 15 is 0 Å². The van der Waals surface area contributed by atoms with Crippen molar-refractivity contribution in [1.82, 2.24) is 4.98 Å². The summed E-state index contributed by atoms with van der Waals surface area (Å²) >= 11 is 3.41. The Morgan fingerprint density at radius 2 is 1.93 bits per heavy atom. The van der Waals surface area contributed by atoms with Gasteiger partial charge in [0.2, 0.25) is 0 Å². The predicted molar refractivity (Wildman–Crippen MR) is 60.9 cm³/mol. The predicted octanol–water partition coefficient (Wildman–Crippen LogP) is 3.14. The van der Waals surface area contributed by atoms with Crippen LogP contribution in [0.25, 0.3) is 11.3 Å². The average Bonchev–Trinajstić information content (AvgIpc) is 2.67. The van der Waals surface area contributed by atoms with Gasteiger partial charge in [-0.15, -0.1) is 0 Å². The molecule has 0 spiro atoms. The van der Waals surface area contributed by atoms with Crippen molar-refractivity contribution in [2.75, 3.05) is 0 Å². The van der Waals surface area contributed by atoms with Gasteiger partial charge in [-0.3, -0.25) is 0 Å². The first-order chi connectivity index (χ1) is 7.18. The van der Waals surface area contributed by atoms with Gasteiger partial charge in [0.25, 0.3) is 0 Å². The van der Waals surface area contributed by atoms with Gasteiger partial charge in [0.1, 0.15) is 5.69 Å². The van der Waals surface area contributed by atoms with Crippen molar-refractivity contribution >= 4 is 21.9 Å². The maximum Gasteiger partial charge on any atom is 0.352 e. The molecule has 0 radical (unpaired) electrons. The van der Waals surface area contributed by atoms with Gasteiger partial charge in [-0.25, -0.2) is 4.79 Å². The average molecular weight is 266 g/mol. The molecule has 0 saturated heterocycles. The number of halogens is 1. The number of nitrogens with one attached hydrogen (secondary N) is 1. The van der Waals surface area contributed by atoms with Gasteiger partial charge in [-0.1, -0.05) is 34.1 Å². The molecule has 4 heteroatoms. The van der Waals surface area contributed by atoms with E-state index < -0.39 is 5.97 Å². The summed E-state index contributed by atoms with van der Waals surface area (Å²) in [6, 6.07) is 11.0. The van der Waals surface area contributed by atoms with Crippen molar-refractivity contribution < 1.29 is 9.90 Å². The van der Waals surface area contributed by atoms with Crippen LogP contribution in [0.5, 0.6) is 0 Å². The van der Waals surface area contributed by atoms with E-state index in [1.807, 2.05) is 24.3 Å². The fraction of sp³-hybridized carbons (Fsp3) is 0. The maximum absolute atomic E-state index is 10.7. The first kappa shape index (κ1) is 9.98. The van der Waals surface area contributed by atoms with Crippen LogP contribution in [0.4, 0.5) is 0 Å². The molecule has 0 aliphatic rings. The molecule has 3 nitrogen and oxygen atoms in total. The molecular formula is C11H8BrNO2. The summed E-state index contributed by atoms with van der Waals surface area (Å²) in [6.07, 6.45) is 0. The molecule has 2 aromatic rings. The number of benzene rings is 1. The van der Waals surface area contributed by atoms with E-state index in [0.29, 0.717) is 0 Å². The SMILES string of the molecule is O=C(O)c1ccc(-c2ccccc2Br)[nH]1. The summed E-state index contributed by atoms with van der Waals surface area (Å²) in [5.41, 5.74) is 1.94. The largest absolute Gasteiger partial charge is 0.477 e. The second kappa shape index (κ2) is 3.90. The number of aromatic amines is 1. The van der Waals surface area contributed by atoms with Crippen LogP contribution in [0.15, 0.2) is 40.9 Å². The van der Waals surface area contributed by atoms with Crippen molar-refractivity contribution in [3.63, 3.8) is 0 Å². The van der Waals surface area contributed by atoms with E-state index in [2.05, 4.69) is 20.9 Å². The monoisotopic (exact) mass is 265 g/mol. The van der Waals surface area contributed by atoms with Gasteiger partial charge in [0.05, 0.1) is 0 Å². The van der Waals surface area contributed by atoms with E-state index in [4.69, 9.17) is 5.11 Å². The van der Waals surface area contributed by atoms with Crippen LogP contribution >= 0.6 is 15.9 Å². The van der Waals surface area contributed by atoms with Crippen LogP contribution in [-0.2, 0) is 0 Å². The lowest BCUT2D eigenvalue weighted by Gasteiger charge is -2.00. The Balaban J connectivity index is 2.46. The molecule has 2 rings (SSSR count). The van der Waals surface area contributed by atoms with Crippen LogP contribution < -0.4 is 0 Å². The lowest BCUT2D eigenvalue weighted by molar-refractivity contribution is 0.0691. The second-order valence-corrected chi connectivity index (χ2v) is 3.93. The van der Waals surface area contributed by atoms with Gasteiger partial charge in [0.15, 0.2) is 0 Å². The number of carboxylic acids is 1.